The Labute approximate surface area is 316 Å². The normalized spacial score (nSPS) is 14.4. The summed E-state index contributed by atoms with van der Waals surface area (Å²) in [5, 5.41) is 7.81. The van der Waals surface area contributed by atoms with E-state index in [0.29, 0.717) is 0 Å². The van der Waals surface area contributed by atoms with E-state index in [2.05, 4.69) is 207 Å². The van der Waals surface area contributed by atoms with Crippen molar-refractivity contribution in [2.24, 2.45) is 0 Å². The van der Waals surface area contributed by atoms with Gasteiger partial charge in [0.15, 0.2) is 8.07 Å². The van der Waals surface area contributed by atoms with Gasteiger partial charge in [0.25, 0.3) is 0 Å². The Morgan fingerprint density at radius 3 is 1.87 bits per heavy atom. The van der Waals surface area contributed by atoms with Gasteiger partial charge in [0.05, 0.1) is 5.69 Å². The van der Waals surface area contributed by atoms with Gasteiger partial charge in [-0.3, -0.25) is 0 Å². The second-order valence-corrected chi connectivity index (χ2v) is 18.9. The fraction of sp³-hybridized carbons (Fsp3) is 0.0588. The van der Waals surface area contributed by atoms with Crippen molar-refractivity contribution >= 4 is 67.8 Å². The number of nitrogens with zero attached hydrogens (tertiary/aromatic N) is 1. The van der Waals surface area contributed by atoms with Crippen LogP contribution in [0.1, 0.15) is 25.0 Å². The van der Waals surface area contributed by atoms with Gasteiger partial charge in [0.1, 0.15) is 11.2 Å². The zero-order valence-electron chi connectivity index (χ0n) is 30.3. The minimum absolute atomic E-state index is 0.107. The summed E-state index contributed by atoms with van der Waals surface area (Å²) in [5.74, 6) is 0. The molecule has 2 heterocycles. The van der Waals surface area contributed by atoms with Gasteiger partial charge in [-0.2, -0.15) is 0 Å². The topological polar surface area (TPSA) is 16.4 Å². The summed E-state index contributed by atoms with van der Waals surface area (Å²) in [6, 6.07) is 69.6. The fourth-order valence-electron chi connectivity index (χ4n) is 9.80. The van der Waals surface area contributed by atoms with Crippen molar-refractivity contribution in [2.45, 2.75) is 19.3 Å². The summed E-state index contributed by atoms with van der Waals surface area (Å²) in [6.07, 6.45) is 0. The first-order valence-corrected chi connectivity index (χ1v) is 20.9. The largest absolute Gasteiger partial charge is 0.455 e. The van der Waals surface area contributed by atoms with Crippen LogP contribution < -0.4 is 25.6 Å². The van der Waals surface area contributed by atoms with E-state index >= 15 is 0 Å². The summed E-state index contributed by atoms with van der Waals surface area (Å²) in [4.78, 5) is 2.49. The zero-order chi connectivity index (χ0) is 36.0. The van der Waals surface area contributed by atoms with Crippen LogP contribution in [-0.2, 0) is 5.41 Å². The van der Waals surface area contributed by atoms with Crippen LogP contribution in [0.25, 0.3) is 44.2 Å². The van der Waals surface area contributed by atoms with Crippen LogP contribution in [0.4, 0.5) is 17.1 Å². The molecule has 0 spiro atoms. The number of hydrogen-bond donors (Lipinski definition) is 0. The van der Waals surface area contributed by atoms with E-state index in [9.17, 15) is 0 Å². The predicted molar refractivity (Wildman–Crippen MR) is 229 cm³/mol. The molecule has 0 N–H and O–H groups in total. The van der Waals surface area contributed by atoms with Crippen LogP contribution in [-0.4, -0.2) is 8.07 Å². The molecule has 0 radical (unpaired) electrons. The van der Waals surface area contributed by atoms with Crippen LogP contribution in [0, 0.1) is 0 Å². The Hall–Kier alpha value is -6.42. The maximum absolute atomic E-state index is 6.85. The van der Waals surface area contributed by atoms with E-state index in [0.717, 1.165) is 33.3 Å². The Morgan fingerprint density at radius 1 is 0.463 bits per heavy atom. The molecule has 2 aliphatic rings. The van der Waals surface area contributed by atoms with Crippen molar-refractivity contribution in [1.29, 1.82) is 0 Å². The molecule has 11 rings (SSSR count). The SMILES string of the molecule is CC1(C)c2ccccc2-c2c(N(c3ccccc3)c3ccc4c(c3)[Si](c3ccccc3)(c3ccccc3)c3ccc5c(oc6ccccc65)c3-4)cccc21. The summed E-state index contributed by atoms with van der Waals surface area (Å²) in [6.45, 7) is 4.72. The molecule has 1 aromatic heterocycles. The van der Waals surface area contributed by atoms with Gasteiger partial charge in [-0.15, -0.1) is 0 Å². The average Bonchev–Trinajstić information content (AvgIpc) is 3.83. The number of para-hydroxylation sites is 2. The third-order valence-electron chi connectivity index (χ3n) is 12.1. The van der Waals surface area contributed by atoms with Crippen molar-refractivity contribution < 1.29 is 4.42 Å². The molecule has 54 heavy (non-hydrogen) atoms. The molecule has 0 saturated heterocycles. The van der Waals surface area contributed by atoms with Crippen LogP contribution >= 0.6 is 0 Å². The van der Waals surface area contributed by atoms with Crippen LogP contribution in [0.5, 0.6) is 0 Å². The van der Waals surface area contributed by atoms with E-state index in [1.807, 2.05) is 0 Å². The molecule has 9 aromatic rings. The lowest BCUT2D eigenvalue weighted by Crippen LogP contribution is -2.72. The highest BCUT2D eigenvalue weighted by molar-refractivity contribution is 7.22. The Kier molecular flexibility index (Phi) is 6.65. The maximum Gasteiger partial charge on any atom is 0.181 e. The average molecular weight is 708 g/mol. The Bertz CT molecular complexity index is 2870. The Morgan fingerprint density at radius 2 is 1.11 bits per heavy atom. The van der Waals surface area contributed by atoms with Crippen LogP contribution in [0.15, 0.2) is 192 Å². The molecule has 1 aliphatic carbocycles. The smallest absolute Gasteiger partial charge is 0.181 e. The summed E-state index contributed by atoms with van der Waals surface area (Å²) >= 11 is 0. The fourth-order valence-corrected chi connectivity index (χ4v) is 15.0. The van der Waals surface area contributed by atoms with Gasteiger partial charge in [-0.25, -0.2) is 0 Å². The van der Waals surface area contributed by atoms with Gasteiger partial charge < -0.3 is 9.32 Å². The monoisotopic (exact) mass is 707 g/mol. The first kappa shape index (κ1) is 31.1. The molecule has 0 bridgehead atoms. The molecule has 0 amide bonds. The molecule has 2 nitrogen and oxygen atoms in total. The van der Waals surface area contributed by atoms with E-state index in [1.165, 1.54) is 59.8 Å². The highest BCUT2D eigenvalue weighted by atomic mass is 28.3. The highest BCUT2D eigenvalue weighted by Gasteiger charge is 2.50. The first-order chi connectivity index (χ1) is 26.6. The second kappa shape index (κ2) is 11.5. The van der Waals surface area contributed by atoms with Gasteiger partial charge in [0.2, 0.25) is 0 Å². The molecule has 0 fully saturated rings. The Balaban J connectivity index is 1.25. The predicted octanol–water partition coefficient (Wildman–Crippen LogP) is 10.7. The summed E-state index contributed by atoms with van der Waals surface area (Å²) < 4.78 is 6.85. The lowest BCUT2D eigenvalue weighted by atomic mass is 9.82. The molecule has 8 aromatic carbocycles. The number of anilines is 3. The van der Waals surface area contributed by atoms with Crippen molar-refractivity contribution in [3.8, 4) is 22.3 Å². The summed E-state index contributed by atoms with van der Waals surface area (Å²) in [7, 11) is -2.86. The third kappa shape index (κ3) is 4.16. The van der Waals surface area contributed by atoms with Crippen LogP contribution in [0.3, 0.4) is 0 Å². The van der Waals surface area contributed by atoms with Gasteiger partial charge >= 0.3 is 0 Å². The molecule has 0 saturated carbocycles. The minimum Gasteiger partial charge on any atom is -0.455 e. The quantitative estimate of drug-likeness (QED) is 0.166. The van der Waals surface area contributed by atoms with Crippen molar-refractivity contribution in [1.82, 2.24) is 0 Å². The molecular formula is C51H37NOSi. The number of rotatable bonds is 5. The molecule has 256 valence electrons. The lowest BCUT2D eigenvalue weighted by molar-refractivity contribution is 0.660. The van der Waals surface area contributed by atoms with Gasteiger partial charge in [-0.05, 0) is 79.4 Å². The van der Waals surface area contributed by atoms with Crippen molar-refractivity contribution in [3.63, 3.8) is 0 Å². The zero-order valence-corrected chi connectivity index (χ0v) is 31.3. The first-order valence-electron chi connectivity index (χ1n) is 18.9. The van der Waals surface area contributed by atoms with E-state index in [1.54, 1.807) is 0 Å². The van der Waals surface area contributed by atoms with Gasteiger partial charge in [0, 0.05) is 38.7 Å². The molecule has 0 atom stereocenters. The minimum atomic E-state index is -2.86. The number of benzene rings is 8. The molecule has 1 aliphatic heterocycles. The molecule has 0 unspecified atom stereocenters. The number of fused-ring (bicyclic) bond motifs is 10. The number of hydrogen-bond acceptors (Lipinski definition) is 2. The summed E-state index contributed by atoms with van der Waals surface area (Å²) in [5.41, 5.74) is 13.1. The van der Waals surface area contributed by atoms with E-state index in [4.69, 9.17) is 4.42 Å². The van der Waals surface area contributed by atoms with Crippen LogP contribution in [0.2, 0.25) is 0 Å². The van der Waals surface area contributed by atoms with Gasteiger partial charge in [-0.1, -0.05) is 166 Å². The lowest BCUT2D eigenvalue weighted by Gasteiger charge is -2.33. The van der Waals surface area contributed by atoms with Crippen molar-refractivity contribution in [2.75, 3.05) is 4.90 Å². The second-order valence-electron chi connectivity index (χ2n) is 15.2. The maximum atomic E-state index is 6.85. The van der Waals surface area contributed by atoms with E-state index < -0.39 is 8.07 Å². The highest BCUT2D eigenvalue weighted by Crippen LogP contribution is 2.54. The van der Waals surface area contributed by atoms with E-state index in [-0.39, 0.29) is 5.41 Å². The van der Waals surface area contributed by atoms with Crippen molar-refractivity contribution in [3.05, 3.63) is 199 Å². The third-order valence-corrected chi connectivity index (χ3v) is 17.0. The number of furan rings is 1. The standard InChI is InChI=1S/C51H37NOSi/c1-51(2)42-25-14-12-24-40(42)48-43(51)26-16-27-44(48)52(34-17-6-3-7-18-34)35-29-30-41-47(33-35)54(36-19-8-4-9-20-36,37-21-10-5-11-22-37)46-32-31-39-38-23-13-15-28-45(38)53-50(39)49(41)46/h3-33H,1-2H3. The molecule has 3 heteroatoms. The molecular weight excluding hydrogens is 671 g/mol.